The van der Waals surface area contributed by atoms with Gasteiger partial charge in [-0.25, -0.2) is 0 Å². The van der Waals surface area contributed by atoms with E-state index in [9.17, 15) is 0 Å². The third-order valence-corrected chi connectivity index (χ3v) is 2.95. The Bertz CT molecular complexity index is 217. The van der Waals surface area contributed by atoms with Gasteiger partial charge < -0.3 is 0 Å². The second kappa shape index (κ2) is 2.53. The van der Waals surface area contributed by atoms with E-state index in [2.05, 4.69) is 52.9 Å². The maximum absolute atomic E-state index is 2.48. The molecule has 2 rings (SSSR count). The number of hydrogen-bond donors (Lipinski definition) is 0. The van der Waals surface area contributed by atoms with Crippen LogP contribution in [0.25, 0.3) is 0 Å². The highest BCUT2D eigenvalue weighted by atomic mass is 127. The van der Waals surface area contributed by atoms with Gasteiger partial charge in [-0.2, -0.15) is 0 Å². The minimum Gasteiger partial charge on any atom is -0.0816 e. The van der Waals surface area contributed by atoms with Crippen LogP contribution in [0.3, 0.4) is 0 Å². The first-order valence-corrected chi connectivity index (χ1v) is 4.68. The first kappa shape index (κ1) is 6.65. The van der Waals surface area contributed by atoms with Gasteiger partial charge in [0.2, 0.25) is 0 Å². The summed E-state index contributed by atoms with van der Waals surface area (Å²) in [6, 6.07) is 10.6. The Labute approximate surface area is 74.8 Å². The van der Waals surface area contributed by atoms with Crippen LogP contribution in [0.1, 0.15) is 12.0 Å². The van der Waals surface area contributed by atoms with Crippen LogP contribution in [0, 0.1) is 5.92 Å². The van der Waals surface area contributed by atoms with Crippen LogP contribution < -0.4 is 0 Å². The zero-order valence-corrected chi connectivity index (χ0v) is 7.71. The monoisotopic (exact) mass is 243 g/mol. The highest BCUT2D eigenvalue weighted by Crippen LogP contribution is 2.45. The maximum atomic E-state index is 2.48. The summed E-state index contributed by atoms with van der Waals surface area (Å²) in [7, 11) is 0. The molecule has 0 saturated heterocycles. The topological polar surface area (TPSA) is 0 Å². The van der Waals surface area contributed by atoms with Gasteiger partial charge in [-0.05, 0) is 12.0 Å². The molecule has 0 spiro atoms. The zero-order chi connectivity index (χ0) is 6.97. The quantitative estimate of drug-likeness (QED) is 0.525. The standard InChI is InChI=1S/C9H8I/c10-9-6-8(9)7-4-2-1-3-5-7/h1-5,9H,6H2. The molecule has 0 amide bonds. The zero-order valence-electron chi connectivity index (χ0n) is 5.55. The van der Waals surface area contributed by atoms with Crippen molar-refractivity contribution < 1.29 is 0 Å². The SMILES string of the molecule is IC1C[C]1c1ccccc1. The van der Waals surface area contributed by atoms with Crippen LogP contribution in [0.15, 0.2) is 30.3 Å². The van der Waals surface area contributed by atoms with Crippen molar-refractivity contribution in [1.82, 2.24) is 0 Å². The number of alkyl halides is 1. The molecule has 51 valence electrons. The number of rotatable bonds is 1. The fourth-order valence-electron chi connectivity index (χ4n) is 1.09. The third-order valence-electron chi connectivity index (χ3n) is 1.76. The van der Waals surface area contributed by atoms with Crippen molar-refractivity contribution in [2.75, 3.05) is 0 Å². The number of benzene rings is 1. The van der Waals surface area contributed by atoms with E-state index in [0.29, 0.717) is 0 Å². The Morgan fingerprint density at radius 1 is 1.20 bits per heavy atom. The molecule has 1 atom stereocenters. The van der Waals surface area contributed by atoms with E-state index < -0.39 is 0 Å². The molecule has 1 aliphatic rings. The molecule has 0 bridgehead atoms. The highest BCUT2D eigenvalue weighted by Gasteiger charge is 2.36. The molecule has 10 heavy (non-hydrogen) atoms. The van der Waals surface area contributed by atoms with Crippen molar-refractivity contribution in [3.05, 3.63) is 41.8 Å². The normalized spacial score (nSPS) is 24.7. The Kier molecular flexibility index (Phi) is 1.68. The van der Waals surface area contributed by atoms with E-state index in [4.69, 9.17) is 0 Å². The molecule has 1 aromatic rings. The maximum Gasteiger partial charge on any atom is 0.0225 e. The second-order valence-electron chi connectivity index (χ2n) is 2.56. The van der Waals surface area contributed by atoms with Crippen molar-refractivity contribution in [2.45, 2.75) is 10.3 Å². The van der Waals surface area contributed by atoms with E-state index in [0.717, 1.165) is 3.92 Å². The summed E-state index contributed by atoms with van der Waals surface area (Å²) in [5.74, 6) is 1.61. The van der Waals surface area contributed by atoms with Crippen molar-refractivity contribution in [1.29, 1.82) is 0 Å². The van der Waals surface area contributed by atoms with E-state index in [1.807, 2.05) is 0 Å². The van der Waals surface area contributed by atoms with E-state index in [-0.39, 0.29) is 0 Å². The largest absolute Gasteiger partial charge is 0.0816 e. The van der Waals surface area contributed by atoms with Crippen molar-refractivity contribution in [3.63, 3.8) is 0 Å². The second-order valence-corrected chi connectivity index (χ2v) is 4.07. The fourth-order valence-corrected chi connectivity index (χ4v) is 1.92. The first-order chi connectivity index (χ1) is 4.88. The molecule has 0 nitrogen and oxygen atoms in total. The first-order valence-electron chi connectivity index (χ1n) is 3.43. The Hall–Kier alpha value is -0.0500. The van der Waals surface area contributed by atoms with Crippen LogP contribution in [0.2, 0.25) is 0 Å². The van der Waals surface area contributed by atoms with Crippen molar-refractivity contribution in [3.8, 4) is 0 Å². The summed E-state index contributed by atoms with van der Waals surface area (Å²) < 4.78 is 0.819. The number of halogens is 1. The molecule has 1 aliphatic carbocycles. The molecular weight excluding hydrogens is 235 g/mol. The highest BCUT2D eigenvalue weighted by molar-refractivity contribution is 14.1. The third kappa shape index (κ3) is 1.19. The van der Waals surface area contributed by atoms with Gasteiger partial charge in [0.05, 0.1) is 0 Å². The molecule has 1 aromatic carbocycles. The lowest BCUT2D eigenvalue weighted by molar-refractivity contribution is 1.42. The van der Waals surface area contributed by atoms with Crippen LogP contribution in [0.5, 0.6) is 0 Å². The minimum absolute atomic E-state index is 0.819. The van der Waals surface area contributed by atoms with Crippen LogP contribution in [-0.2, 0) is 0 Å². The Morgan fingerprint density at radius 2 is 1.80 bits per heavy atom. The predicted molar refractivity (Wildman–Crippen MR) is 51.2 cm³/mol. The molecule has 1 unspecified atom stereocenters. The van der Waals surface area contributed by atoms with Crippen LogP contribution in [0.4, 0.5) is 0 Å². The Morgan fingerprint density at radius 3 is 2.30 bits per heavy atom. The number of hydrogen-bond acceptors (Lipinski definition) is 0. The molecule has 1 heteroatoms. The van der Waals surface area contributed by atoms with Gasteiger partial charge in [-0.3, -0.25) is 0 Å². The van der Waals surface area contributed by atoms with Crippen LogP contribution in [-0.4, -0.2) is 3.92 Å². The summed E-state index contributed by atoms with van der Waals surface area (Å²) in [6.45, 7) is 0. The molecule has 0 N–H and O–H groups in total. The average Bonchev–Trinajstić information content (AvgIpc) is 2.69. The summed E-state index contributed by atoms with van der Waals surface area (Å²) >= 11 is 2.48. The molecule has 0 aromatic heterocycles. The molecule has 1 saturated carbocycles. The Balaban J connectivity index is 2.20. The summed E-state index contributed by atoms with van der Waals surface area (Å²) in [4.78, 5) is 0. The summed E-state index contributed by atoms with van der Waals surface area (Å²) in [6.07, 6.45) is 1.30. The fraction of sp³-hybridized carbons (Fsp3) is 0.222. The van der Waals surface area contributed by atoms with Gasteiger partial charge in [0.1, 0.15) is 0 Å². The lowest BCUT2D eigenvalue weighted by Gasteiger charge is -1.93. The average molecular weight is 243 g/mol. The smallest absolute Gasteiger partial charge is 0.0225 e. The minimum atomic E-state index is 0.819. The molecule has 1 fully saturated rings. The summed E-state index contributed by atoms with van der Waals surface area (Å²) in [5.41, 5.74) is 1.43. The van der Waals surface area contributed by atoms with Crippen molar-refractivity contribution >= 4 is 22.6 Å². The van der Waals surface area contributed by atoms with E-state index >= 15 is 0 Å². The van der Waals surface area contributed by atoms with Crippen LogP contribution >= 0.6 is 22.6 Å². The van der Waals surface area contributed by atoms with Gasteiger partial charge in [-0.15, -0.1) is 0 Å². The van der Waals surface area contributed by atoms with Gasteiger partial charge in [-0.1, -0.05) is 52.9 Å². The van der Waals surface area contributed by atoms with Gasteiger partial charge in [0.15, 0.2) is 0 Å². The van der Waals surface area contributed by atoms with Crippen molar-refractivity contribution in [2.24, 2.45) is 0 Å². The van der Waals surface area contributed by atoms with Gasteiger partial charge >= 0.3 is 0 Å². The predicted octanol–water partition coefficient (Wildman–Crippen LogP) is 2.82. The lowest BCUT2D eigenvalue weighted by atomic mass is 10.1. The summed E-state index contributed by atoms with van der Waals surface area (Å²) in [5, 5.41) is 0. The molecule has 1 radical (unpaired) electrons. The van der Waals surface area contributed by atoms with Gasteiger partial charge in [0.25, 0.3) is 0 Å². The van der Waals surface area contributed by atoms with Gasteiger partial charge in [0, 0.05) is 9.84 Å². The van der Waals surface area contributed by atoms with E-state index in [1.54, 1.807) is 5.92 Å². The molecule has 0 aliphatic heterocycles. The lowest BCUT2D eigenvalue weighted by Crippen LogP contribution is -1.79. The molecule has 0 heterocycles. The molecular formula is C9H8I. The van der Waals surface area contributed by atoms with E-state index in [1.165, 1.54) is 12.0 Å².